The summed E-state index contributed by atoms with van der Waals surface area (Å²) in [6.07, 6.45) is 3.90. The fraction of sp³-hybridized carbons (Fsp3) is 0.263. The van der Waals surface area contributed by atoms with Gasteiger partial charge in [-0.15, -0.1) is 0 Å². The van der Waals surface area contributed by atoms with Crippen molar-refractivity contribution in [3.63, 3.8) is 0 Å². The first-order chi connectivity index (χ1) is 12.5. The molecule has 7 heteroatoms. The average Bonchev–Trinajstić information content (AvgIpc) is 2.96. The van der Waals surface area contributed by atoms with Crippen molar-refractivity contribution in [1.82, 2.24) is 14.1 Å². The Bertz CT molecular complexity index is 937. The van der Waals surface area contributed by atoms with E-state index < -0.39 is 11.0 Å². The second-order valence-corrected chi connectivity index (χ2v) is 7.67. The predicted octanol–water partition coefficient (Wildman–Crippen LogP) is 2.34. The first-order valence-corrected chi connectivity index (χ1v) is 9.46. The number of benzene rings is 1. The van der Waals surface area contributed by atoms with Gasteiger partial charge in [-0.25, -0.2) is 13.2 Å². The third-order valence-electron chi connectivity index (χ3n) is 4.37. The third kappa shape index (κ3) is 3.68. The van der Waals surface area contributed by atoms with Crippen LogP contribution in [0.1, 0.15) is 16.8 Å². The fourth-order valence-corrected chi connectivity index (χ4v) is 4.13. The summed E-state index contributed by atoms with van der Waals surface area (Å²) < 4.78 is 16.2. The van der Waals surface area contributed by atoms with Crippen LogP contribution in [0.25, 0.3) is 0 Å². The van der Waals surface area contributed by atoms with E-state index in [1.54, 1.807) is 12.2 Å². The second-order valence-electron chi connectivity index (χ2n) is 6.19. The highest BCUT2D eigenvalue weighted by Gasteiger charge is 2.26. The standard InChI is InChI=1S/C19H22N4O2S/c1-4-5-15(20-3)12-23-19(24)17-10-11-22(13-18(17)21-23)26(25)16-8-6-14(2)7-9-16/h4-9,21H,1,3,10-13H2,2H3/b15-5-. The molecule has 1 aliphatic heterocycles. The van der Waals surface area contributed by atoms with E-state index in [2.05, 4.69) is 23.4 Å². The number of hydrogen-bond acceptors (Lipinski definition) is 3. The zero-order valence-corrected chi connectivity index (χ0v) is 15.6. The molecule has 1 aromatic carbocycles. The number of aromatic nitrogens is 2. The van der Waals surface area contributed by atoms with Crippen molar-refractivity contribution in [1.29, 1.82) is 0 Å². The molecule has 6 nitrogen and oxygen atoms in total. The summed E-state index contributed by atoms with van der Waals surface area (Å²) in [4.78, 5) is 17.3. The molecule has 1 unspecified atom stereocenters. The molecule has 0 bridgehead atoms. The summed E-state index contributed by atoms with van der Waals surface area (Å²) in [6, 6.07) is 7.68. The molecule has 1 N–H and O–H groups in total. The average molecular weight is 370 g/mol. The largest absolute Gasteiger partial charge is 0.298 e. The monoisotopic (exact) mass is 370 g/mol. The number of aryl methyl sites for hydroxylation is 1. The van der Waals surface area contributed by atoms with Gasteiger partial charge in [0.05, 0.1) is 29.4 Å². The highest BCUT2D eigenvalue weighted by molar-refractivity contribution is 7.82. The smallest absolute Gasteiger partial charge is 0.270 e. The van der Waals surface area contributed by atoms with Gasteiger partial charge in [-0.05, 0) is 38.3 Å². The molecule has 0 radical (unpaired) electrons. The summed E-state index contributed by atoms with van der Waals surface area (Å²) in [5.41, 5.74) is 3.29. The van der Waals surface area contributed by atoms with Crippen molar-refractivity contribution in [2.45, 2.75) is 31.3 Å². The van der Waals surface area contributed by atoms with Gasteiger partial charge in [0.2, 0.25) is 0 Å². The lowest BCUT2D eigenvalue weighted by atomic mass is 10.1. The maximum atomic E-state index is 12.8. The molecule has 0 saturated heterocycles. The number of nitrogens with zero attached hydrogens (tertiary/aromatic N) is 3. The zero-order chi connectivity index (χ0) is 18.7. The van der Waals surface area contributed by atoms with Crippen molar-refractivity contribution in [3.8, 4) is 0 Å². The van der Waals surface area contributed by atoms with Gasteiger partial charge in [-0.1, -0.05) is 30.4 Å². The first-order valence-electron chi connectivity index (χ1n) is 8.36. The topological polar surface area (TPSA) is 70.5 Å². The lowest BCUT2D eigenvalue weighted by Gasteiger charge is -2.24. The quantitative estimate of drug-likeness (QED) is 0.626. The van der Waals surface area contributed by atoms with Crippen LogP contribution >= 0.6 is 0 Å². The number of H-pyrrole nitrogens is 1. The highest BCUT2D eigenvalue weighted by Crippen LogP contribution is 2.20. The van der Waals surface area contributed by atoms with Crippen LogP contribution in [-0.4, -0.2) is 31.6 Å². The first kappa shape index (κ1) is 18.3. The van der Waals surface area contributed by atoms with E-state index in [1.165, 1.54) is 4.68 Å². The van der Waals surface area contributed by atoms with Crippen LogP contribution in [0.3, 0.4) is 0 Å². The van der Waals surface area contributed by atoms with Gasteiger partial charge in [0, 0.05) is 12.1 Å². The van der Waals surface area contributed by atoms with Gasteiger partial charge in [0.15, 0.2) is 0 Å². The minimum absolute atomic E-state index is 0.0561. The van der Waals surface area contributed by atoms with E-state index in [0.717, 1.165) is 21.7 Å². The number of allylic oxidation sites excluding steroid dienone is 3. The normalized spacial score (nSPS) is 16.1. The molecule has 2 aromatic rings. The molecule has 26 heavy (non-hydrogen) atoms. The Morgan fingerprint density at radius 2 is 2.12 bits per heavy atom. The van der Waals surface area contributed by atoms with Gasteiger partial charge in [-0.3, -0.25) is 14.9 Å². The van der Waals surface area contributed by atoms with E-state index in [9.17, 15) is 9.00 Å². The summed E-state index contributed by atoms with van der Waals surface area (Å²) >= 11 is 0. The summed E-state index contributed by atoms with van der Waals surface area (Å²) in [6.45, 7) is 10.5. The predicted molar refractivity (Wildman–Crippen MR) is 105 cm³/mol. The van der Waals surface area contributed by atoms with Crippen LogP contribution in [0.4, 0.5) is 0 Å². The SMILES string of the molecule is C=C/C=C(/Cn1[nH]c2c(c1=O)CCN(S(=O)c1ccc(C)cc1)C2)N=C. The Kier molecular flexibility index (Phi) is 5.49. The van der Waals surface area contributed by atoms with Crippen LogP contribution in [0, 0.1) is 6.92 Å². The van der Waals surface area contributed by atoms with Gasteiger partial charge in [-0.2, -0.15) is 0 Å². The van der Waals surface area contributed by atoms with Gasteiger partial charge in [0.1, 0.15) is 11.0 Å². The molecule has 1 aromatic heterocycles. The second kappa shape index (κ2) is 7.80. The Morgan fingerprint density at radius 1 is 1.38 bits per heavy atom. The molecule has 0 saturated carbocycles. The van der Waals surface area contributed by atoms with Crippen molar-refractivity contribution in [2.75, 3.05) is 6.54 Å². The van der Waals surface area contributed by atoms with Crippen molar-refractivity contribution < 1.29 is 4.21 Å². The number of aliphatic imine (C=N–C) groups is 1. The van der Waals surface area contributed by atoms with Crippen LogP contribution in [0.15, 0.2) is 63.4 Å². The van der Waals surface area contributed by atoms with E-state index in [-0.39, 0.29) is 5.56 Å². The molecular formula is C19H22N4O2S. The molecule has 1 aliphatic rings. The molecule has 0 amide bonds. The van der Waals surface area contributed by atoms with E-state index >= 15 is 0 Å². The lowest BCUT2D eigenvalue weighted by Crippen LogP contribution is -2.33. The highest BCUT2D eigenvalue weighted by atomic mass is 32.2. The summed E-state index contributed by atoms with van der Waals surface area (Å²) in [7, 11) is -1.25. The van der Waals surface area contributed by atoms with Crippen molar-refractivity contribution in [3.05, 3.63) is 75.9 Å². The number of rotatable bonds is 6. The number of hydrogen-bond donors (Lipinski definition) is 1. The van der Waals surface area contributed by atoms with Crippen molar-refractivity contribution >= 4 is 17.7 Å². The molecule has 2 heterocycles. The van der Waals surface area contributed by atoms with Gasteiger partial charge in [0.25, 0.3) is 5.56 Å². The zero-order valence-electron chi connectivity index (χ0n) is 14.8. The number of fused-ring (bicyclic) bond motifs is 1. The number of nitrogens with one attached hydrogen (secondary N) is 1. The maximum absolute atomic E-state index is 12.8. The molecule has 1 atom stereocenters. The van der Waals surface area contributed by atoms with E-state index in [4.69, 9.17) is 0 Å². The van der Waals surface area contributed by atoms with Gasteiger partial charge < -0.3 is 0 Å². The minimum atomic E-state index is -1.25. The molecular weight excluding hydrogens is 348 g/mol. The van der Waals surface area contributed by atoms with Crippen LogP contribution in [0.2, 0.25) is 0 Å². The summed E-state index contributed by atoms with van der Waals surface area (Å²) in [5.74, 6) is 0. The maximum Gasteiger partial charge on any atom is 0.270 e. The van der Waals surface area contributed by atoms with E-state index in [1.807, 2.05) is 35.5 Å². The van der Waals surface area contributed by atoms with Crippen LogP contribution in [-0.2, 0) is 30.5 Å². The minimum Gasteiger partial charge on any atom is -0.298 e. The Morgan fingerprint density at radius 3 is 2.77 bits per heavy atom. The van der Waals surface area contributed by atoms with Crippen molar-refractivity contribution in [2.24, 2.45) is 4.99 Å². The number of aromatic amines is 1. The Labute approximate surface area is 155 Å². The van der Waals surface area contributed by atoms with Crippen LogP contribution < -0.4 is 5.56 Å². The molecule has 3 rings (SSSR count). The van der Waals surface area contributed by atoms with E-state index in [0.29, 0.717) is 31.8 Å². The Hall–Kier alpha value is -2.51. The summed E-state index contributed by atoms with van der Waals surface area (Å²) in [5, 5.41) is 3.14. The molecule has 0 spiro atoms. The Balaban J connectivity index is 1.81. The lowest BCUT2D eigenvalue weighted by molar-refractivity contribution is 0.414. The molecule has 0 aliphatic carbocycles. The van der Waals surface area contributed by atoms with Gasteiger partial charge >= 0.3 is 0 Å². The van der Waals surface area contributed by atoms with Crippen LogP contribution in [0.5, 0.6) is 0 Å². The molecule has 0 fully saturated rings. The molecule has 136 valence electrons. The fourth-order valence-electron chi connectivity index (χ4n) is 2.96. The third-order valence-corrected chi connectivity index (χ3v) is 5.83.